The number of para-hydroxylation sites is 1. The summed E-state index contributed by atoms with van der Waals surface area (Å²) in [6.45, 7) is -0.488. The number of sulfonamides is 1. The van der Waals surface area contributed by atoms with Crippen LogP contribution in [0.15, 0.2) is 59.5 Å². The normalized spacial score (nSPS) is 15.0. The van der Waals surface area contributed by atoms with Gasteiger partial charge in [0.05, 0.1) is 19.2 Å². The van der Waals surface area contributed by atoms with Crippen molar-refractivity contribution in [3.63, 3.8) is 0 Å². The quantitative estimate of drug-likeness (QED) is 0.557. The van der Waals surface area contributed by atoms with Crippen LogP contribution in [0.2, 0.25) is 0 Å². The van der Waals surface area contributed by atoms with E-state index in [4.69, 9.17) is 9.47 Å². The highest BCUT2D eigenvalue weighted by Crippen LogP contribution is 2.29. The van der Waals surface area contributed by atoms with Crippen molar-refractivity contribution in [3.8, 4) is 5.75 Å². The number of ether oxygens (including phenoxy) is 2. The van der Waals surface area contributed by atoms with Gasteiger partial charge in [-0.1, -0.05) is 30.3 Å². The molecule has 0 bridgehead atoms. The van der Waals surface area contributed by atoms with Gasteiger partial charge in [-0.05, 0) is 24.3 Å². The predicted molar refractivity (Wildman–Crippen MR) is 97.7 cm³/mol. The molecule has 1 aliphatic heterocycles. The maximum absolute atomic E-state index is 12.4. The Morgan fingerprint density at radius 2 is 1.81 bits per heavy atom. The van der Waals surface area contributed by atoms with E-state index < -0.39 is 21.9 Å². The molecule has 8 heteroatoms. The summed E-state index contributed by atoms with van der Waals surface area (Å²) in [5.74, 6) is -0.665. The highest BCUT2D eigenvalue weighted by atomic mass is 32.2. The van der Waals surface area contributed by atoms with Crippen LogP contribution in [0.5, 0.6) is 5.75 Å². The number of carbonyl (C=O) groups excluding carboxylic acids is 2. The number of fused-ring (bicyclic) bond motifs is 1. The van der Waals surface area contributed by atoms with Crippen molar-refractivity contribution >= 4 is 28.0 Å². The van der Waals surface area contributed by atoms with Gasteiger partial charge in [-0.25, -0.2) is 17.5 Å². The van der Waals surface area contributed by atoms with Gasteiger partial charge in [0.15, 0.2) is 0 Å². The average molecular weight is 387 g/mol. The number of esters is 1. The van der Waals surface area contributed by atoms with E-state index in [1.165, 1.54) is 31.4 Å². The fourth-order valence-electron chi connectivity index (χ4n) is 2.69. The third kappa shape index (κ3) is 3.70. The highest BCUT2D eigenvalue weighted by molar-refractivity contribution is 7.90. The molecular formula is C19H17NO6S. The third-order valence-electron chi connectivity index (χ3n) is 3.99. The van der Waals surface area contributed by atoms with Crippen molar-refractivity contribution in [2.45, 2.75) is 4.90 Å². The van der Waals surface area contributed by atoms with Crippen LogP contribution in [-0.4, -0.2) is 44.9 Å². The second-order valence-electron chi connectivity index (χ2n) is 5.62. The molecule has 140 valence electrons. The van der Waals surface area contributed by atoms with Crippen LogP contribution in [0.1, 0.15) is 15.9 Å². The number of hydrogen-bond acceptors (Lipinski definition) is 6. The van der Waals surface area contributed by atoms with E-state index in [2.05, 4.69) is 0 Å². The SMILES string of the molecule is COc1ccccc1/C=C/C(=O)OCCN1C(=O)c2ccccc2S1(=O)=O. The van der Waals surface area contributed by atoms with Gasteiger partial charge >= 0.3 is 5.97 Å². The molecule has 1 aliphatic rings. The first-order valence-corrected chi connectivity index (χ1v) is 9.53. The predicted octanol–water partition coefficient (Wildman–Crippen LogP) is 2.10. The zero-order valence-electron chi connectivity index (χ0n) is 14.5. The largest absolute Gasteiger partial charge is 0.496 e. The molecule has 0 aromatic heterocycles. The zero-order chi connectivity index (χ0) is 19.4. The number of hydrogen-bond donors (Lipinski definition) is 0. The van der Waals surface area contributed by atoms with E-state index >= 15 is 0 Å². The van der Waals surface area contributed by atoms with E-state index in [9.17, 15) is 18.0 Å². The molecular weight excluding hydrogens is 370 g/mol. The Labute approximate surface area is 156 Å². The molecule has 0 N–H and O–H groups in total. The topological polar surface area (TPSA) is 90.0 Å². The van der Waals surface area contributed by atoms with Crippen LogP contribution in [0.25, 0.3) is 6.08 Å². The summed E-state index contributed by atoms with van der Waals surface area (Å²) in [6, 6.07) is 13.1. The zero-order valence-corrected chi connectivity index (χ0v) is 15.3. The minimum atomic E-state index is -3.90. The number of benzene rings is 2. The molecule has 7 nitrogen and oxygen atoms in total. The maximum atomic E-state index is 12.4. The molecule has 0 atom stereocenters. The summed E-state index contributed by atoms with van der Waals surface area (Å²) in [6.07, 6.45) is 2.75. The smallest absolute Gasteiger partial charge is 0.330 e. The molecule has 0 aliphatic carbocycles. The Morgan fingerprint density at radius 3 is 2.56 bits per heavy atom. The van der Waals surface area contributed by atoms with Crippen LogP contribution in [0.3, 0.4) is 0 Å². The second-order valence-corrected chi connectivity index (χ2v) is 7.45. The Morgan fingerprint density at radius 1 is 1.11 bits per heavy atom. The van der Waals surface area contributed by atoms with Gasteiger partial charge in [-0.15, -0.1) is 0 Å². The molecule has 0 saturated heterocycles. The maximum Gasteiger partial charge on any atom is 0.330 e. The minimum Gasteiger partial charge on any atom is -0.496 e. The van der Waals surface area contributed by atoms with Gasteiger partial charge in [-0.2, -0.15) is 0 Å². The van der Waals surface area contributed by atoms with Crippen molar-refractivity contribution in [1.82, 2.24) is 4.31 Å². The van der Waals surface area contributed by atoms with E-state index in [1.54, 1.807) is 36.4 Å². The lowest BCUT2D eigenvalue weighted by atomic mass is 10.2. The Balaban J connectivity index is 1.60. The standard InChI is InChI=1S/C19H17NO6S/c1-25-16-8-4-2-6-14(16)10-11-18(21)26-13-12-20-19(22)15-7-3-5-9-17(15)27(20,23)24/h2-11H,12-13H2,1H3/b11-10+. The second kappa shape index (κ2) is 7.63. The van der Waals surface area contributed by atoms with Crippen molar-refractivity contribution in [3.05, 3.63) is 65.7 Å². The molecule has 0 radical (unpaired) electrons. The van der Waals surface area contributed by atoms with Crippen LogP contribution in [-0.2, 0) is 19.6 Å². The fraction of sp³-hybridized carbons (Fsp3) is 0.158. The number of methoxy groups -OCH3 is 1. The number of amides is 1. The molecule has 0 fully saturated rings. The van der Waals surface area contributed by atoms with Crippen molar-refractivity contribution in [1.29, 1.82) is 0 Å². The molecule has 0 unspecified atom stereocenters. The van der Waals surface area contributed by atoms with Crippen LogP contribution < -0.4 is 4.74 Å². The van der Waals surface area contributed by atoms with Gasteiger partial charge in [0.25, 0.3) is 15.9 Å². The highest BCUT2D eigenvalue weighted by Gasteiger charge is 2.40. The lowest BCUT2D eigenvalue weighted by molar-refractivity contribution is -0.137. The Hall–Kier alpha value is -3.13. The lowest BCUT2D eigenvalue weighted by Crippen LogP contribution is -2.33. The first-order valence-electron chi connectivity index (χ1n) is 8.09. The number of rotatable bonds is 6. The molecule has 0 saturated carbocycles. The van der Waals surface area contributed by atoms with Gasteiger partial charge in [0.1, 0.15) is 17.3 Å². The van der Waals surface area contributed by atoms with E-state index in [-0.39, 0.29) is 23.6 Å². The lowest BCUT2D eigenvalue weighted by Gasteiger charge is -2.14. The van der Waals surface area contributed by atoms with Crippen molar-refractivity contribution in [2.75, 3.05) is 20.3 Å². The van der Waals surface area contributed by atoms with Gasteiger partial charge in [0.2, 0.25) is 0 Å². The van der Waals surface area contributed by atoms with Crippen molar-refractivity contribution < 1.29 is 27.5 Å². The Bertz CT molecular complexity index is 1010. The molecule has 3 rings (SSSR count). The molecule has 1 heterocycles. The Kier molecular flexibility index (Phi) is 5.27. The van der Waals surface area contributed by atoms with Crippen molar-refractivity contribution in [2.24, 2.45) is 0 Å². The first-order chi connectivity index (χ1) is 12.9. The summed E-state index contributed by atoms with van der Waals surface area (Å²) >= 11 is 0. The monoisotopic (exact) mass is 387 g/mol. The minimum absolute atomic E-state index is 0.0302. The summed E-state index contributed by atoms with van der Waals surface area (Å²) < 4.78 is 35.7. The van der Waals surface area contributed by atoms with Crippen LogP contribution in [0.4, 0.5) is 0 Å². The molecule has 0 spiro atoms. The molecule has 1 amide bonds. The van der Waals surface area contributed by atoms with E-state index in [0.717, 1.165) is 4.31 Å². The number of carbonyl (C=O) groups is 2. The summed E-state index contributed by atoms with van der Waals surface area (Å²) in [5.41, 5.74) is 0.824. The molecule has 27 heavy (non-hydrogen) atoms. The third-order valence-corrected chi connectivity index (χ3v) is 5.83. The first kappa shape index (κ1) is 18.7. The summed E-state index contributed by atoms with van der Waals surface area (Å²) in [5, 5.41) is 0. The molecule has 2 aromatic rings. The van der Waals surface area contributed by atoms with Gasteiger partial charge < -0.3 is 9.47 Å². The van der Waals surface area contributed by atoms with Crippen LogP contribution >= 0.6 is 0 Å². The molecule has 2 aromatic carbocycles. The fourth-order valence-corrected chi connectivity index (χ4v) is 4.24. The summed E-state index contributed by atoms with van der Waals surface area (Å²) in [7, 11) is -2.38. The van der Waals surface area contributed by atoms with E-state index in [0.29, 0.717) is 11.3 Å². The average Bonchev–Trinajstić information content (AvgIpc) is 2.87. The summed E-state index contributed by atoms with van der Waals surface area (Å²) in [4.78, 5) is 24.1. The van der Waals surface area contributed by atoms with Gasteiger partial charge in [-0.3, -0.25) is 4.79 Å². The van der Waals surface area contributed by atoms with Gasteiger partial charge in [0, 0.05) is 11.6 Å². The van der Waals surface area contributed by atoms with Crippen LogP contribution in [0, 0.1) is 0 Å². The van der Waals surface area contributed by atoms with E-state index in [1.807, 2.05) is 0 Å². The number of nitrogens with zero attached hydrogens (tertiary/aromatic N) is 1.